The van der Waals surface area contributed by atoms with E-state index in [1.807, 2.05) is 55.5 Å². The molecule has 0 spiro atoms. The summed E-state index contributed by atoms with van der Waals surface area (Å²) in [5.74, 6) is 0.678. The van der Waals surface area contributed by atoms with Crippen LogP contribution in [0.4, 0.5) is 16.5 Å². The van der Waals surface area contributed by atoms with Crippen molar-refractivity contribution in [1.29, 1.82) is 0 Å². The van der Waals surface area contributed by atoms with Crippen LogP contribution in [0.2, 0.25) is 0 Å². The molecule has 1 heterocycles. The van der Waals surface area contributed by atoms with E-state index in [9.17, 15) is 4.79 Å². The second-order valence-electron chi connectivity index (χ2n) is 5.49. The Kier molecular flexibility index (Phi) is 6.70. The van der Waals surface area contributed by atoms with Gasteiger partial charge in [-0.25, -0.2) is 0 Å². The number of halogens is 1. The molecule has 0 radical (unpaired) electrons. The third-order valence-electron chi connectivity index (χ3n) is 3.49. The lowest BCUT2D eigenvalue weighted by Crippen LogP contribution is -2.22. The van der Waals surface area contributed by atoms with Crippen molar-refractivity contribution in [3.63, 3.8) is 0 Å². The van der Waals surface area contributed by atoms with E-state index in [0.717, 1.165) is 25.9 Å². The molecule has 2 aromatic carbocycles. The Balaban J connectivity index is 1.57. The summed E-state index contributed by atoms with van der Waals surface area (Å²) < 4.78 is 6.90. The second-order valence-corrected chi connectivity index (χ2v) is 8.97. The molecule has 140 valence electrons. The fourth-order valence-electron chi connectivity index (χ4n) is 2.11. The molecule has 0 fully saturated rings. The van der Waals surface area contributed by atoms with Crippen LogP contribution in [0.5, 0.6) is 5.75 Å². The summed E-state index contributed by atoms with van der Waals surface area (Å²) in [4.78, 5) is 12.4. The first-order valence-electron chi connectivity index (χ1n) is 8.01. The number of hydrogen-bond donors (Lipinski definition) is 2. The van der Waals surface area contributed by atoms with Crippen LogP contribution in [0, 0.1) is 0 Å². The Morgan fingerprint density at radius 1 is 1.19 bits per heavy atom. The third-order valence-corrected chi connectivity index (χ3v) is 6.04. The highest BCUT2D eigenvalue weighted by atomic mass is 79.9. The van der Waals surface area contributed by atoms with Gasteiger partial charge in [-0.05, 0) is 43.3 Å². The van der Waals surface area contributed by atoms with Crippen molar-refractivity contribution >= 4 is 61.4 Å². The van der Waals surface area contributed by atoms with E-state index in [1.54, 1.807) is 7.11 Å². The highest BCUT2D eigenvalue weighted by Gasteiger charge is 2.17. The van der Waals surface area contributed by atoms with Crippen LogP contribution in [-0.4, -0.2) is 28.5 Å². The Morgan fingerprint density at radius 2 is 1.96 bits per heavy atom. The van der Waals surface area contributed by atoms with Crippen molar-refractivity contribution in [2.75, 3.05) is 17.7 Å². The quantitative estimate of drug-likeness (QED) is 0.469. The molecule has 9 heteroatoms. The molecule has 2 N–H and O–H groups in total. The van der Waals surface area contributed by atoms with Crippen molar-refractivity contribution in [3.05, 3.63) is 53.0 Å². The lowest BCUT2D eigenvalue weighted by Gasteiger charge is -2.10. The minimum atomic E-state index is -0.300. The lowest BCUT2D eigenvalue weighted by molar-refractivity contribution is -0.115. The summed E-state index contributed by atoms with van der Waals surface area (Å²) in [7, 11) is 1.62. The molecular formula is C18H17BrN4O2S2. The van der Waals surface area contributed by atoms with E-state index < -0.39 is 0 Å². The number of carbonyl (C=O) groups is 1. The minimum Gasteiger partial charge on any atom is -0.497 e. The van der Waals surface area contributed by atoms with Gasteiger partial charge in [-0.15, -0.1) is 10.2 Å². The van der Waals surface area contributed by atoms with Crippen LogP contribution in [0.15, 0.2) is 57.3 Å². The van der Waals surface area contributed by atoms with Gasteiger partial charge in [-0.2, -0.15) is 0 Å². The van der Waals surface area contributed by atoms with Crippen LogP contribution in [-0.2, 0) is 4.79 Å². The zero-order valence-electron chi connectivity index (χ0n) is 14.6. The average molecular weight is 465 g/mol. The standard InChI is InChI=1S/C18H17BrN4O2S2/c1-11(16(24)20-13-8-6-12(19)7-9-13)26-18-23-22-17(27-18)21-14-4-3-5-15(10-14)25-2/h3-11H,1-2H3,(H,20,24)(H,21,22). The average Bonchev–Trinajstić information content (AvgIpc) is 3.10. The van der Waals surface area contributed by atoms with Crippen LogP contribution < -0.4 is 15.4 Å². The van der Waals surface area contributed by atoms with Gasteiger partial charge in [0.05, 0.1) is 12.4 Å². The van der Waals surface area contributed by atoms with Crippen molar-refractivity contribution < 1.29 is 9.53 Å². The minimum absolute atomic E-state index is 0.0835. The van der Waals surface area contributed by atoms with Gasteiger partial charge >= 0.3 is 0 Å². The molecule has 27 heavy (non-hydrogen) atoms. The van der Waals surface area contributed by atoms with Crippen LogP contribution in [0.3, 0.4) is 0 Å². The van der Waals surface area contributed by atoms with Gasteiger partial charge in [0.2, 0.25) is 11.0 Å². The van der Waals surface area contributed by atoms with Gasteiger partial charge in [0, 0.05) is 21.9 Å². The van der Waals surface area contributed by atoms with Crippen molar-refractivity contribution in [1.82, 2.24) is 10.2 Å². The van der Waals surface area contributed by atoms with E-state index >= 15 is 0 Å². The molecule has 3 rings (SSSR count). The van der Waals surface area contributed by atoms with E-state index in [-0.39, 0.29) is 11.2 Å². The number of carbonyl (C=O) groups excluding carboxylic acids is 1. The molecule has 0 bridgehead atoms. The smallest absolute Gasteiger partial charge is 0.237 e. The number of benzene rings is 2. The molecule has 0 aliphatic rings. The molecule has 3 aromatic rings. The summed E-state index contributed by atoms with van der Waals surface area (Å²) in [5, 5.41) is 14.7. The highest BCUT2D eigenvalue weighted by molar-refractivity contribution is 9.10. The van der Waals surface area contributed by atoms with Crippen LogP contribution in [0.25, 0.3) is 0 Å². The Hall–Kier alpha value is -2.10. The largest absolute Gasteiger partial charge is 0.497 e. The van der Waals surface area contributed by atoms with Crippen molar-refractivity contribution in [3.8, 4) is 5.75 Å². The number of aromatic nitrogens is 2. The van der Waals surface area contributed by atoms with Gasteiger partial charge in [0.15, 0.2) is 4.34 Å². The van der Waals surface area contributed by atoms with E-state index in [4.69, 9.17) is 4.74 Å². The summed E-state index contributed by atoms with van der Waals surface area (Å²) in [6.07, 6.45) is 0. The molecule has 1 aromatic heterocycles. The number of nitrogens with one attached hydrogen (secondary N) is 2. The normalized spacial score (nSPS) is 11.7. The molecule has 1 unspecified atom stereocenters. The topological polar surface area (TPSA) is 76.1 Å². The van der Waals surface area contributed by atoms with Crippen LogP contribution >= 0.6 is 39.0 Å². The predicted molar refractivity (Wildman–Crippen MR) is 114 cm³/mol. The maximum absolute atomic E-state index is 12.4. The van der Waals surface area contributed by atoms with Gasteiger partial charge in [0.1, 0.15) is 5.75 Å². The Labute approximate surface area is 173 Å². The Morgan fingerprint density at radius 3 is 2.70 bits per heavy atom. The third kappa shape index (κ3) is 5.69. The molecule has 0 aliphatic heterocycles. The number of rotatable bonds is 7. The zero-order valence-corrected chi connectivity index (χ0v) is 17.8. The zero-order chi connectivity index (χ0) is 19.2. The number of ether oxygens (including phenoxy) is 1. The summed E-state index contributed by atoms with van der Waals surface area (Å²) in [6, 6.07) is 15.0. The molecular weight excluding hydrogens is 448 g/mol. The number of amides is 1. The Bertz CT molecular complexity index is 918. The molecule has 1 atom stereocenters. The van der Waals surface area contributed by atoms with Crippen molar-refractivity contribution in [2.24, 2.45) is 0 Å². The first kappa shape index (κ1) is 19.7. The monoisotopic (exact) mass is 464 g/mol. The number of thioether (sulfide) groups is 1. The summed E-state index contributed by atoms with van der Waals surface area (Å²) in [6.45, 7) is 1.84. The maximum Gasteiger partial charge on any atom is 0.237 e. The highest BCUT2D eigenvalue weighted by Crippen LogP contribution is 2.31. The fraction of sp³-hybridized carbons (Fsp3) is 0.167. The second kappa shape index (κ2) is 9.20. The molecule has 1 amide bonds. The lowest BCUT2D eigenvalue weighted by atomic mass is 10.3. The fourth-order valence-corrected chi connectivity index (χ4v) is 4.29. The van der Waals surface area contributed by atoms with Gasteiger partial charge in [-0.1, -0.05) is 45.1 Å². The molecule has 0 aliphatic carbocycles. The first-order chi connectivity index (χ1) is 13.0. The summed E-state index contributed by atoms with van der Waals surface area (Å²) in [5.41, 5.74) is 1.62. The van der Waals surface area contributed by atoms with Gasteiger partial charge in [0.25, 0.3) is 0 Å². The SMILES string of the molecule is COc1cccc(Nc2nnc(SC(C)C(=O)Nc3ccc(Br)cc3)s2)c1. The predicted octanol–water partition coefficient (Wildman–Crippen LogP) is 5.17. The van der Waals surface area contributed by atoms with Crippen LogP contribution in [0.1, 0.15) is 6.92 Å². The first-order valence-corrected chi connectivity index (χ1v) is 10.5. The van der Waals surface area contributed by atoms with E-state index in [1.165, 1.54) is 23.1 Å². The van der Waals surface area contributed by atoms with E-state index in [2.05, 4.69) is 36.8 Å². The molecule has 0 saturated heterocycles. The molecule has 0 saturated carbocycles. The number of hydrogen-bond acceptors (Lipinski definition) is 7. The van der Waals surface area contributed by atoms with Gasteiger partial charge < -0.3 is 15.4 Å². The van der Waals surface area contributed by atoms with Gasteiger partial charge in [-0.3, -0.25) is 4.79 Å². The number of anilines is 3. The number of methoxy groups -OCH3 is 1. The van der Waals surface area contributed by atoms with Crippen molar-refractivity contribution in [2.45, 2.75) is 16.5 Å². The summed E-state index contributed by atoms with van der Waals surface area (Å²) >= 11 is 6.15. The van der Waals surface area contributed by atoms with E-state index in [0.29, 0.717) is 5.13 Å². The number of nitrogens with zero attached hydrogens (tertiary/aromatic N) is 2. The maximum atomic E-state index is 12.4. The molecule has 6 nitrogen and oxygen atoms in total.